The maximum Gasteiger partial charge on any atom is 0.410 e. The molecule has 7 nitrogen and oxygen atoms in total. The van der Waals surface area contributed by atoms with Crippen molar-refractivity contribution in [2.24, 2.45) is 5.92 Å². The number of hydrogen-bond donors (Lipinski definition) is 1. The van der Waals surface area contributed by atoms with Crippen molar-refractivity contribution < 1.29 is 19.1 Å². The van der Waals surface area contributed by atoms with Crippen molar-refractivity contribution in [1.82, 2.24) is 15.1 Å². The van der Waals surface area contributed by atoms with Gasteiger partial charge < -0.3 is 19.7 Å². The smallest absolute Gasteiger partial charge is 0.410 e. The van der Waals surface area contributed by atoms with Gasteiger partial charge in [0, 0.05) is 33.2 Å². The molecule has 0 unspecified atom stereocenters. The molecule has 1 N–H and O–H groups in total. The highest BCUT2D eigenvalue weighted by atomic mass is 16.6. The SMILES string of the molecule is CNC(=O)[C@H]1CN(CC[C@H]2CCN(C(=O)OC(C)(C)C)C2)CCO1. The van der Waals surface area contributed by atoms with Crippen LogP contribution in [0.2, 0.25) is 0 Å². The zero-order chi connectivity index (χ0) is 17.7. The van der Waals surface area contributed by atoms with Gasteiger partial charge in [0.2, 0.25) is 5.91 Å². The molecular formula is C17H31N3O4. The van der Waals surface area contributed by atoms with Crippen molar-refractivity contribution in [2.45, 2.75) is 45.3 Å². The molecule has 0 aromatic carbocycles. The molecule has 2 amide bonds. The van der Waals surface area contributed by atoms with E-state index in [4.69, 9.17) is 9.47 Å². The van der Waals surface area contributed by atoms with Crippen LogP contribution in [0.4, 0.5) is 4.79 Å². The number of nitrogens with one attached hydrogen (secondary N) is 1. The summed E-state index contributed by atoms with van der Waals surface area (Å²) in [5.41, 5.74) is -0.447. The Morgan fingerprint density at radius 1 is 1.25 bits per heavy atom. The lowest BCUT2D eigenvalue weighted by Crippen LogP contribution is -2.49. The van der Waals surface area contributed by atoms with Gasteiger partial charge >= 0.3 is 6.09 Å². The monoisotopic (exact) mass is 341 g/mol. The Balaban J connectivity index is 1.72. The standard InChI is InChI=1S/C17H31N3O4/c1-17(2,3)24-16(22)20-8-6-13(11-20)5-7-19-9-10-23-14(12-19)15(21)18-4/h13-14H,5-12H2,1-4H3,(H,18,21)/t13-,14+/m0/s1. The van der Waals surface area contributed by atoms with Crippen molar-refractivity contribution in [2.75, 3.05) is 46.4 Å². The van der Waals surface area contributed by atoms with Crippen molar-refractivity contribution in [3.8, 4) is 0 Å². The Labute approximate surface area is 144 Å². The normalized spacial score (nSPS) is 25.6. The van der Waals surface area contributed by atoms with E-state index >= 15 is 0 Å². The lowest BCUT2D eigenvalue weighted by molar-refractivity contribution is -0.138. The van der Waals surface area contributed by atoms with Crippen LogP contribution in [0.25, 0.3) is 0 Å². The van der Waals surface area contributed by atoms with Crippen molar-refractivity contribution in [1.29, 1.82) is 0 Å². The molecule has 24 heavy (non-hydrogen) atoms. The van der Waals surface area contributed by atoms with E-state index in [-0.39, 0.29) is 18.1 Å². The van der Waals surface area contributed by atoms with Gasteiger partial charge in [0.1, 0.15) is 11.7 Å². The predicted octanol–water partition coefficient (Wildman–Crippen LogP) is 1.08. The van der Waals surface area contributed by atoms with Crippen LogP contribution in [0.5, 0.6) is 0 Å². The van der Waals surface area contributed by atoms with Crippen LogP contribution in [-0.2, 0) is 14.3 Å². The van der Waals surface area contributed by atoms with Crippen molar-refractivity contribution in [3.63, 3.8) is 0 Å². The van der Waals surface area contributed by atoms with Crippen LogP contribution in [0.3, 0.4) is 0 Å². The van der Waals surface area contributed by atoms with Crippen LogP contribution < -0.4 is 5.32 Å². The fraction of sp³-hybridized carbons (Fsp3) is 0.882. The summed E-state index contributed by atoms with van der Waals surface area (Å²) in [6, 6.07) is 0. The summed E-state index contributed by atoms with van der Waals surface area (Å²) in [4.78, 5) is 27.9. The summed E-state index contributed by atoms with van der Waals surface area (Å²) < 4.78 is 10.9. The number of likely N-dealkylation sites (N-methyl/N-ethyl adjacent to an activating group) is 1. The number of carbonyl (C=O) groups is 2. The van der Waals surface area contributed by atoms with Crippen LogP contribution in [0, 0.1) is 5.92 Å². The van der Waals surface area contributed by atoms with Gasteiger partial charge in [-0.05, 0) is 46.1 Å². The van der Waals surface area contributed by atoms with Gasteiger partial charge in [0.05, 0.1) is 6.61 Å². The van der Waals surface area contributed by atoms with Crippen LogP contribution in [-0.4, -0.2) is 79.9 Å². The third kappa shape index (κ3) is 5.63. The first-order valence-corrected chi connectivity index (χ1v) is 8.82. The number of ether oxygens (including phenoxy) is 2. The first-order valence-electron chi connectivity index (χ1n) is 8.82. The van der Waals surface area contributed by atoms with Gasteiger partial charge in [-0.1, -0.05) is 0 Å². The molecule has 0 radical (unpaired) electrons. The molecule has 0 aliphatic carbocycles. The Morgan fingerprint density at radius 3 is 2.67 bits per heavy atom. The molecule has 2 saturated heterocycles. The lowest BCUT2D eigenvalue weighted by atomic mass is 10.0. The number of hydrogen-bond acceptors (Lipinski definition) is 5. The van der Waals surface area contributed by atoms with E-state index in [2.05, 4.69) is 10.2 Å². The van der Waals surface area contributed by atoms with Gasteiger partial charge in [-0.25, -0.2) is 4.79 Å². The molecule has 7 heteroatoms. The van der Waals surface area contributed by atoms with Crippen LogP contribution in [0.15, 0.2) is 0 Å². The summed E-state index contributed by atoms with van der Waals surface area (Å²) in [6.07, 6.45) is 1.46. The Bertz CT molecular complexity index is 450. The quantitative estimate of drug-likeness (QED) is 0.828. The highest BCUT2D eigenvalue weighted by Gasteiger charge is 2.31. The molecule has 0 saturated carbocycles. The summed E-state index contributed by atoms with van der Waals surface area (Å²) >= 11 is 0. The molecule has 2 aliphatic rings. The summed E-state index contributed by atoms with van der Waals surface area (Å²) in [5, 5.41) is 2.64. The molecular weight excluding hydrogens is 310 g/mol. The molecule has 0 aromatic heterocycles. The Morgan fingerprint density at radius 2 is 2.00 bits per heavy atom. The Hall–Kier alpha value is -1.34. The number of amides is 2. The molecule has 2 rings (SSSR count). The topological polar surface area (TPSA) is 71.1 Å². The van der Waals surface area contributed by atoms with E-state index in [1.807, 2.05) is 25.7 Å². The van der Waals surface area contributed by atoms with Crippen molar-refractivity contribution in [3.05, 3.63) is 0 Å². The van der Waals surface area contributed by atoms with E-state index in [9.17, 15) is 9.59 Å². The van der Waals surface area contributed by atoms with E-state index < -0.39 is 5.60 Å². The molecule has 2 aliphatic heterocycles. The van der Waals surface area contributed by atoms with E-state index in [1.165, 1.54) is 0 Å². The van der Waals surface area contributed by atoms with Gasteiger partial charge in [-0.3, -0.25) is 9.69 Å². The maximum atomic E-state index is 12.1. The van der Waals surface area contributed by atoms with Crippen LogP contribution in [0.1, 0.15) is 33.6 Å². The maximum absolute atomic E-state index is 12.1. The number of rotatable bonds is 4. The second-order valence-electron chi connectivity index (χ2n) is 7.64. The fourth-order valence-corrected chi connectivity index (χ4v) is 3.15. The van der Waals surface area contributed by atoms with Gasteiger partial charge in [-0.15, -0.1) is 0 Å². The largest absolute Gasteiger partial charge is 0.444 e. The first-order chi connectivity index (χ1) is 11.3. The lowest BCUT2D eigenvalue weighted by Gasteiger charge is -2.32. The van der Waals surface area contributed by atoms with Crippen LogP contribution >= 0.6 is 0 Å². The second kappa shape index (κ2) is 8.16. The van der Waals surface area contributed by atoms with Gasteiger partial charge in [-0.2, -0.15) is 0 Å². The minimum atomic E-state index is -0.447. The number of morpholine rings is 1. The highest BCUT2D eigenvalue weighted by Crippen LogP contribution is 2.22. The summed E-state index contributed by atoms with van der Waals surface area (Å²) in [6.45, 7) is 10.2. The second-order valence-corrected chi connectivity index (χ2v) is 7.64. The zero-order valence-corrected chi connectivity index (χ0v) is 15.3. The van der Waals surface area contributed by atoms with E-state index in [1.54, 1.807) is 7.05 Å². The third-order valence-corrected chi connectivity index (χ3v) is 4.48. The predicted molar refractivity (Wildman–Crippen MR) is 90.8 cm³/mol. The molecule has 0 aromatic rings. The molecule has 138 valence electrons. The molecule has 2 fully saturated rings. The molecule has 0 spiro atoms. The van der Waals surface area contributed by atoms with Gasteiger partial charge in [0.25, 0.3) is 0 Å². The number of carbonyl (C=O) groups excluding carboxylic acids is 2. The average molecular weight is 341 g/mol. The van der Waals surface area contributed by atoms with E-state index in [0.717, 1.165) is 39.0 Å². The van der Waals surface area contributed by atoms with Crippen molar-refractivity contribution >= 4 is 12.0 Å². The van der Waals surface area contributed by atoms with E-state index in [0.29, 0.717) is 19.1 Å². The zero-order valence-electron chi connectivity index (χ0n) is 15.3. The summed E-state index contributed by atoms with van der Waals surface area (Å²) in [5.74, 6) is 0.440. The molecule has 2 atom stereocenters. The minimum Gasteiger partial charge on any atom is -0.444 e. The first kappa shape index (κ1) is 19.0. The average Bonchev–Trinajstić information content (AvgIpc) is 3.00. The minimum absolute atomic E-state index is 0.0586. The fourth-order valence-electron chi connectivity index (χ4n) is 3.15. The van der Waals surface area contributed by atoms with Gasteiger partial charge in [0.15, 0.2) is 0 Å². The molecule has 0 bridgehead atoms. The molecule has 2 heterocycles. The Kier molecular flexibility index (Phi) is 6.46. The number of nitrogens with zero attached hydrogens (tertiary/aromatic N) is 2. The highest BCUT2D eigenvalue weighted by molar-refractivity contribution is 5.80. The third-order valence-electron chi connectivity index (χ3n) is 4.48. The summed E-state index contributed by atoms with van der Waals surface area (Å²) in [7, 11) is 1.63. The number of likely N-dealkylation sites (tertiary alicyclic amines) is 1.